The minimum atomic E-state index is -1.21. The summed E-state index contributed by atoms with van der Waals surface area (Å²) >= 11 is 5.95. The molecule has 1 heterocycles. The number of halogens is 2. The van der Waals surface area contributed by atoms with Crippen molar-refractivity contribution < 1.29 is 23.8 Å². The van der Waals surface area contributed by atoms with Crippen molar-refractivity contribution in [2.45, 2.75) is 25.9 Å². The van der Waals surface area contributed by atoms with Gasteiger partial charge in [0.05, 0.1) is 22.0 Å². The van der Waals surface area contributed by atoms with Gasteiger partial charge in [-0.15, -0.1) is 0 Å². The average Bonchev–Trinajstić information content (AvgIpc) is 3.09. The van der Waals surface area contributed by atoms with Crippen LogP contribution in [0.25, 0.3) is 0 Å². The maximum atomic E-state index is 14.0. The van der Waals surface area contributed by atoms with Gasteiger partial charge in [0.25, 0.3) is 0 Å². The second-order valence-electron chi connectivity index (χ2n) is 9.48. The molecule has 1 N–H and O–H groups in total. The Labute approximate surface area is 219 Å². The molecule has 1 fully saturated rings. The van der Waals surface area contributed by atoms with Crippen LogP contribution < -0.4 is 9.64 Å². The highest BCUT2D eigenvalue weighted by Crippen LogP contribution is 2.58. The molecule has 1 aliphatic carbocycles. The van der Waals surface area contributed by atoms with Crippen LogP contribution in [-0.2, 0) is 16.2 Å². The standard InChI is InChI=1S/C30H25ClFNO4/c1-3-19-9-13-23-28(35)33(20-10-14-25(32)24(31)15-20)29(36)30(23,2)27(19)22-12-11-21(16-26(22)34)37-17-18-7-5-4-6-8-18/h3-12,14-16,23,27,34H,1,13,17H2,2H3/t23-,27+,30+/m0/s1. The predicted molar refractivity (Wildman–Crippen MR) is 140 cm³/mol. The van der Waals surface area contributed by atoms with E-state index in [9.17, 15) is 19.1 Å². The first-order valence-corrected chi connectivity index (χ1v) is 12.3. The number of benzene rings is 3. The number of anilines is 1. The number of phenols is 1. The van der Waals surface area contributed by atoms with Crippen LogP contribution in [0.5, 0.6) is 11.5 Å². The number of carbonyl (C=O) groups excluding carboxylic acids is 2. The third kappa shape index (κ3) is 4.11. The fourth-order valence-corrected chi connectivity index (χ4v) is 5.64. The van der Waals surface area contributed by atoms with Crippen LogP contribution in [0, 0.1) is 17.2 Å². The van der Waals surface area contributed by atoms with Crippen molar-refractivity contribution in [1.29, 1.82) is 0 Å². The summed E-state index contributed by atoms with van der Waals surface area (Å²) in [7, 11) is 0. The molecule has 1 aliphatic heterocycles. The monoisotopic (exact) mass is 517 g/mol. The third-order valence-corrected chi connectivity index (χ3v) is 7.68. The van der Waals surface area contributed by atoms with E-state index in [2.05, 4.69) is 6.58 Å². The van der Waals surface area contributed by atoms with E-state index in [0.717, 1.165) is 22.1 Å². The molecule has 2 aliphatic rings. The molecule has 0 unspecified atom stereocenters. The smallest absolute Gasteiger partial charge is 0.241 e. The highest BCUT2D eigenvalue weighted by molar-refractivity contribution is 6.31. The summed E-state index contributed by atoms with van der Waals surface area (Å²) in [5, 5.41) is 10.9. The molecule has 7 heteroatoms. The summed E-state index contributed by atoms with van der Waals surface area (Å²) in [4.78, 5) is 28.5. The van der Waals surface area contributed by atoms with Gasteiger partial charge in [-0.2, -0.15) is 0 Å². The van der Waals surface area contributed by atoms with Crippen molar-refractivity contribution in [3.8, 4) is 11.5 Å². The van der Waals surface area contributed by atoms with Crippen LogP contribution in [0.3, 0.4) is 0 Å². The Morgan fingerprint density at radius 2 is 1.92 bits per heavy atom. The molecule has 0 aromatic heterocycles. The summed E-state index contributed by atoms with van der Waals surface area (Å²) in [6.07, 6.45) is 3.87. The van der Waals surface area contributed by atoms with Gasteiger partial charge in [-0.25, -0.2) is 9.29 Å². The lowest BCUT2D eigenvalue weighted by Gasteiger charge is -2.40. The van der Waals surface area contributed by atoms with Gasteiger partial charge in [0.15, 0.2) is 0 Å². The molecule has 3 aromatic rings. The van der Waals surface area contributed by atoms with Crippen molar-refractivity contribution >= 4 is 29.1 Å². The first-order chi connectivity index (χ1) is 17.8. The number of hydrogen-bond acceptors (Lipinski definition) is 4. The van der Waals surface area contributed by atoms with E-state index in [0.29, 0.717) is 24.3 Å². The van der Waals surface area contributed by atoms with E-state index in [4.69, 9.17) is 16.3 Å². The maximum absolute atomic E-state index is 14.0. The second-order valence-corrected chi connectivity index (χ2v) is 9.89. The summed E-state index contributed by atoms with van der Waals surface area (Å²) in [6, 6.07) is 18.4. The Kier molecular flexibility index (Phi) is 6.38. The zero-order valence-electron chi connectivity index (χ0n) is 20.2. The summed E-state index contributed by atoms with van der Waals surface area (Å²) in [5.74, 6) is -2.35. The average molecular weight is 518 g/mol. The van der Waals surface area contributed by atoms with Gasteiger partial charge >= 0.3 is 0 Å². The minimum Gasteiger partial charge on any atom is -0.508 e. The van der Waals surface area contributed by atoms with Gasteiger partial charge in [-0.1, -0.05) is 66.7 Å². The zero-order chi connectivity index (χ0) is 26.3. The number of hydrogen-bond donors (Lipinski definition) is 1. The quantitative estimate of drug-likeness (QED) is 0.376. The number of ether oxygens (including phenoxy) is 1. The van der Waals surface area contributed by atoms with Gasteiger partial charge in [0, 0.05) is 17.5 Å². The normalized spacial score (nSPS) is 23.0. The number of carbonyl (C=O) groups is 2. The first kappa shape index (κ1) is 24.8. The summed E-state index contributed by atoms with van der Waals surface area (Å²) in [6.45, 7) is 5.99. The van der Waals surface area contributed by atoms with Crippen LogP contribution in [0.2, 0.25) is 5.02 Å². The lowest BCUT2D eigenvalue weighted by Crippen LogP contribution is -2.41. The van der Waals surface area contributed by atoms with Crippen LogP contribution in [0.15, 0.2) is 91.0 Å². The number of rotatable bonds is 6. The molecule has 5 rings (SSSR count). The second kappa shape index (κ2) is 9.52. The molecule has 0 bridgehead atoms. The van der Waals surface area contributed by atoms with Gasteiger partial charge in [-0.3, -0.25) is 9.59 Å². The number of aromatic hydroxyl groups is 1. The number of amides is 2. The highest BCUT2D eigenvalue weighted by atomic mass is 35.5. The first-order valence-electron chi connectivity index (χ1n) is 11.9. The number of fused-ring (bicyclic) bond motifs is 1. The summed E-state index contributed by atoms with van der Waals surface area (Å²) in [5.41, 5.74) is 1.23. The fourth-order valence-electron chi connectivity index (χ4n) is 5.46. The van der Waals surface area contributed by atoms with Crippen LogP contribution in [0.4, 0.5) is 10.1 Å². The molecule has 1 saturated heterocycles. The third-order valence-electron chi connectivity index (χ3n) is 7.39. The Hall–Kier alpha value is -3.90. The SMILES string of the molecule is C=CC1=CC[C@H]2C(=O)N(c3ccc(F)c(Cl)c3)C(=O)[C@@]2(C)[C@H]1c1ccc(OCc2ccccc2)cc1O. The minimum absolute atomic E-state index is 0.0475. The highest BCUT2D eigenvalue weighted by Gasteiger charge is 2.62. The Morgan fingerprint density at radius 3 is 2.59 bits per heavy atom. The van der Waals surface area contributed by atoms with Crippen LogP contribution >= 0.6 is 11.6 Å². The molecule has 2 amide bonds. The predicted octanol–water partition coefficient (Wildman–Crippen LogP) is 6.56. The van der Waals surface area contributed by atoms with Crippen molar-refractivity contribution in [2.75, 3.05) is 4.90 Å². The van der Waals surface area contributed by atoms with Crippen LogP contribution in [0.1, 0.15) is 30.4 Å². The number of allylic oxidation sites excluding steroid dienone is 3. The Morgan fingerprint density at radius 1 is 1.16 bits per heavy atom. The molecule has 3 aromatic carbocycles. The van der Waals surface area contributed by atoms with Gasteiger partial charge < -0.3 is 9.84 Å². The van der Waals surface area contributed by atoms with E-state index >= 15 is 0 Å². The molecular formula is C30H25ClFNO4. The fraction of sp³-hybridized carbons (Fsp3) is 0.200. The molecular weight excluding hydrogens is 493 g/mol. The Balaban J connectivity index is 1.51. The molecule has 3 atom stereocenters. The van der Waals surface area contributed by atoms with E-state index in [1.807, 2.05) is 36.4 Å². The van der Waals surface area contributed by atoms with E-state index < -0.39 is 29.0 Å². The molecule has 0 spiro atoms. The van der Waals surface area contributed by atoms with Crippen LogP contribution in [-0.4, -0.2) is 16.9 Å². The largest absolute Gasteiger partial charge is 0.508 e. The van der Waals surface area contributed by atoms with Crippen molar-refractivity contribution in [3.05, 3.63) is 113 Å². The lowest BCUT2D eigenvalue weighted by molar-refractivity contribution is -0.127. The molecule has 0 saturated carbocycles. The number of phenolic OH excluding ortho intramolecular Hbond substituents is 1. The molecule has 37 heavy (non-hydrogen) atoms. The summed E-state index contributed by atoms with van der Waals surface area (Å²) < 4.78 is 19.6. The molecule has 5 nitrogen and oxygen atoms in total. The van der Waals surface area contributed by atoms with Gasteiger partial charge in [0.1, 0.15) is 23.9 Å². The van der Waals surface area contributed by atoms with Crippen molar-refractivity contribution in [2.24, 2.45) is 11.3 Å². The Bertz CT molecular complexity index is 1440. The number of imide groups is 1. The van der Waals surface area contributed by atoms with Gasteiger partial charge in [0.2, 0.25) is 11.8 Å². The van der Waals surface area contributed by atoms with E-state index in [1.54, 1.807) is 25.1 Å². The van der Waals surface area contributed by atoms with E-state index in [-0.39, 0.29) is 22.4 Å². The molecule has 188 valence electrons. The lowest BCUT2D eigenvalue weighted by atomic mass is 9.60. The van der Waals surface area contributed by atoms with Gasteiger partial charge in [-0.05, 0) is 48.7 Å². The topological polar surface area (TPSA) is 66.8 Å². The zero-order valence-corrected chi connectivity index (χ0v) is 20.9. The van der Waals surface area contributed by atoms with E-state index in [1.165, 1.54) is 18.2 Å². The van der Waals surface area contributed by atoms with Crippen molar-refractivity contribution in [3.63, 3.8) is 0 Å². The van der Waals surface area contributed by atoms with Crippen molar-refractivity contribution in [1.82, 2.24) is 0 Å². The maximum Gasteiger partial charge on any atom is 0.241 e. The number of nitrogens with zero attached hydrogens (tertiary/aromatic N) is 1. The molecule has 0 radical (unpaired) electrons.